The Morgan fingerprint density at radius 2 is 2.10 bits per heavy atom. The fourth-order valence-corrected chi connectivity index (χ4v) is 3.37. The van der Waals surface area contributed by atoms with Gasteiger partial charge in [-0.05, 0) is 46.1 Å². The number of rotatable bonds is 2. The zero-order valence-electron chi connectivity index (χ0n) is 12.8. The van der Waals surface area contributed by atoms with Crippen LogP contribution in [0.2, 0.25) is 0 Å². The summed E-state index contributed by atoms with van der Waals surface area (Å²) in [4.78, 5) is 0. The van der Waals surface area contributed by atoms with Crippen LogP contribution < -0.4 is 0 Å². The Labute approximate surface area is 120 Å². The Balaban J connectivity index is 2.03. The topological polar surface area (TPSA) is 43.0 Å². The number of hydrogen-bond acceptors (Lipinski definition) is 2. The van der Waals surface area contributed by atoms with Crippen molar-refractivity contribution in [2.75, 3.05) is 0 Å². The lowest BCUT2D eigenvalue weighted by Crippen LogP contribution is -2.13. The van der Waals surface area contributed by atoms with Crippen molar-refractivity contribution in [2.24, 2.45) is 7.05 Å². The highest BCUT2D eigenvalue weighted by molar-refractivity contribution is 5.34. The zero-order chi connectivity index (χ0) is 14.4. The van der Waals surface area contributed by atoms with Crippen molar-refractivity contribution in [1.29, 1.82) is 0 Å². The van der Waals surface area contributed by atoms with E-state index in [1.807, 2.05) is 11.7 Å². The van der Waals surface area contributed by atoms with Crippen molar-refractivity contribution >= 4 is 0 Å². The molecule has 0 radical (unpaired) electrons. The van der Waals surface area contributed by atoms with Crippen molar-refractivity contribution in [2.45, 2.75) is 52.7 Å². The standard InChI is InChI=1S/C16H23N3O/c1-10-8-13-15(6-5-7-16(13)20)19(10)9-14-11(2)17-18(4)12(14)3/h8,16,20H,5-7,9H2,1-4H3. The normalized spacial score (nSPS) is 18.4. The molecule has 0 saturated carbocycles. The van der Waals surface area contributed by atoms with E-state index in [9.17, 15) is 5.11 Å². The van der Waals surface area contributed by atoms with Crippen LogP contribution in [0.3, 0.4) is 0 Å². The van der Waals surface area contributed by atoms with E-state index < -0.39 is 0 Å². The second kappa shape index (κ2) is 4.77. The summed E-state index contributed by atoms with van der Waals surface area (Å²) in [5.41, 5.74) is 7.30. The summed E-state index contributed by atoms with van der Waals surface area (Å²) >= 11 is 0. The molecule has 0 amide bonds. The van der Waals surface area contributed by atoms with Gasteiger partial charge in [-0.1, -0.05) is 0 Å². The third-order valence-corrected chi connectivity index (χ3v) is 4.67. The Bertz CT molecular complexity index is 651. The minimum atomic E-state index is -0.283. The van der Waals surface area contributed by atoms with E-state index in [-0.39, 0.29) is 6.10 Å². The van der Waals surface area contributed by atoms with Crippen LogP contribution in [-0.4, -0.2) is 19.5 Å². The molecule has 4 nitrogen and oxygen atoms in total. The Morgan fingerprint density at radius 3 is 2.75 bits per heavy atom. The van der Waals surface area contributed by atoms with Gasteiger partial charge in [0.1, 0.15) is 0 Å². The van der Waals surface area contributed by atoms with Gasteiger partial charge in [-0.15, -0.1) is 0 Å². The number of fused-ring (bicyclic) bond motifs is 1. The first-order valence-electron chi connectivity index (χ1n) is 7.35. The van der Waals surface area contributed by atoms with Crippen LogP contribution in [0, 0.1) is 20.8 Å². The van der Waals surface area contributed by atoms with Gasteiger partial charge in [-0.2, -0.15) is 5.10 Å². The van der Waals surface area contributed by atoms with Crippen LogP contribution in [0.25, 0.3) is 0 Å². The van der Waals surface area contributed by atoms with Gasteiger partial charge in [-0.3, -0.25) is 4.68 Å². The van der Waals surface area contributed by atoms with Crippen LogP contribution in [0.15, 0.2) is 6.07 Å². The van der Waals surface area contributed by atoms with Gasteiger partial charge in [0.2, 0.25) is 0 Å². The lowest BCUT2D eigenvalue weighted by molar-refractivity contribution is 0.156. The highest BCUT2D eigenvalue weighted by Crippen LogP contribution is 2.33. The highest BCUT2D eigenvalue weighted by atomic mass is 16.3. The van der Waals surface area contributed by atoms with Gasteiger partial charge in [-0.25, -0.2) is 0 Å². The van der Waals surface area contributed by atoms with Crippen LogP contribution in [0.4, 0.5) is 0 Å². The van der Waals surface area contributed by atoms with Gasteiger partial charge in [0.05, 0.1) is 18.3 Å². The first kappa shape index (κ1) is 13.4. The van der Waals surface area contributed by atoms with Crippen molar-refractivity contribution in [3.63, 3.8) is 0 Å². The van der Waals surface area contributed by atoms with Gasteiger partial charge >= 0.3 is 0 Å². The molecule has 0 spiro atoms. The Hall–Kier alpha value is -1.55. The molecule has 1 aliphatic carbocycles. The molecule has 0 aliphatic heterocycles. The first-order chi connectivity index (χ1) is 9.49. The average molecular weight is 273 g/mol. The van der Waals surface area contributed by atoms with E-state index in [1.165, 1.54) is 22.6 Å². The van der Waals surface area contributed by atoms with Gasteiger partial charge < -0.3 is 9.67 Å². The summed E-state index contributed by atoms with van der Waals surface area (Å²) < 4.78 is 4.31. The van der Waals surface area contributed by atoms with Gasteiger partial charge in [0, 0.05) is 35.3 Å². The molecular formula is C16H23N3O. The van der Waals surface area contributed by atoms with Crippen molar-refractivity contribution < 1.29 is 5.11 Å². The van der Waals surface area contributed by atoms with Crippen LogP contribution in [0.1, 0.15) is 52.8 Å². The highest BCUT2D eigenvalue weighted by Gasteiger charge is 2.24. The molecular weight excluding hydrogens is 250 g/mol. The number of aliphatic hydroxyl groups excluding tert-OH is 1. The molecule has 108 valence electrons. The van der Waals surface area contributed by atoms with E-state index in [2.05, 4.69) is 36.5 Å². The third-order valence-electron chi connectivity index (χ3n) is 4.67. The van der Waals surface area contributed by atoms with E-state index >= 15 is 0 Å². The summed E-state index contributed by atoms with van der Waals surface area (Å²) in [5, 5.41) is 14.7. The number of hydrogen-bond donors (Lipinski definition) is 1. The molecule has 2 aromatic rings. The van der Waals surface area contributed by atoms with Crippen LogP contribution in [0.5, 0.6) is 0 Å². The summed E-state index contributed by atoms with van der Waals surface area (Å²) in [6.45, 7) is 7.18. The fourth-order valence-electron chi connectivity index (χ4n) is 3.37. The van der Waals surface area contributed by atoms with E-state index in [1.54, 1.807) is 0 Å². The molecule has 3 rings (SSSR count). The molecule has 4 heteroatoms. The molecule has 2 aromatic heterocycles. The largest absolute Gasteiger partial charge is 0.388 e. The van der Waals surface area contributed by atoms with E-state index in [0.717, 1.165) is 37.1 Å². The molecule has 2 heterocycles. The minimum Gasteiger partial charge on any atom is -0.388 e. The maximum atomic E-state index is 10.1. The molecule has 1 atom stereocenters. The Kier molecular flexibility index (Phi) is 3.21. The third kappa shape index (κ3) is 1.99. The van der Waals surface area contributed by atoms with E-state index in [0.29, 0.717) is 0 Å². The summed E-state index contributed by atoms with van der Waals surface area (Å²) in [6, 6.07) is 2.15. The second-order valence-corrected chi connectivity index (χ2v) is 5.95. The molecule has 20 heavy (non-hydrogen) atoms. The molecule has 0 saturated heterocycles. The van der Waals surface area contributed by atoms with Crippen LogP contribution >= 0.6 is 0 Å². The summed E-state index contributed by atoms with van der Waals surface area (Å²) in [7, 11) is 1.99. The fraction of sp³-hybridized carbons (Fsp3) is 0.562. The maximum Gasteiger partial charge on any atom is 0.0807 e. The number of nitrogens with zero attached hydrogens (tertiary/aromatic N) is 3. The first-order valence-corrected chi connectivity index (χ1v) is 7.35. The SMILES string of the molecule is Cc1nn(C)c(C)c1Cn1c(C)cc2c1CCCC2O. The predicted octanol–water partition coefficient (Wildman–Crippen LogP) is 2.56. The molecule has 0 bridgehead atoms. The lowest BCUT2D eigenvalue weighted by Gasteiger charge is -2.20. The smallest absolute Gasteiger partial charge is 0.0807 e. The Morgan fingerprint density at radius 1 is 1.35 bits per heavy atom. The number of aliphatic hydroxyl groups is 1. The monoisotopic (exact) mass is 273 g/mol. The van der Waals surface area contributed by atoms with Crippen molar-refractivity contribution in [1.82, 2.24) is 14.3 Å². The quantitative estimate of drug-likeness (QED) is 0.914. The second-order valence-electron chi connectivity index (χ2n) is 5.95. The lowest BCUT2D eigenvalue weighted by atomic mass is 9.95. The average Bonchev–Trinajstić information content (AvgIpc) is 2.84. The predicted molar refractivity (Wildman–Crippen MR) is 78.9 cm³/mol. The molecule has 0 aromatic carbocycles. The minimum absolute atomic E-state index is 0.283. The maximum absolute atomic E-state index is 10.1. The molecule has 1 aliphatic rings. The van der Waals surface area contributed by atoms with E-state index in [4.69, 9.17) is 0 Å². The van der Waals surface area contributed by atoms with Gasteiger partial charge in [0.25, 0.3) is 0 Å². The summed E-state index contributed by atoms with van der Waals surface area (Å²) in [5.74, 6) is 0. The molecule has 0 fully saturated rings. The zero-order valence-corrected chi connectivity index (χ0v) is 12.8. The van der Waals surface area contributed by atoms with Crippen molar-refractivity contribution in [3.8, 4) is 0 Å². The molecule has 1 unspecified atom stereocenters. The van der Waals surface area contributed by atoms with Gasteiger partial charge in [0.15, 0.2) is 0 Å². The summed E-state index contributed by atoms with van der Waals surface area (Å²) in [6.07, 6.45) is 2.75. The number of aryl methyl sites for hydroxylation is 3. The molecule has 1 N–H and O–H groups in total. The van der Waals surface area contributed by atoms with Crippen LogP contribution in [-0.2, 0) is 20.0 Å². The van der Waals surface area contributed by atoms with Crippen molar-refractivity contribution in [3.05, 3.63) is 40.0 Å². The number of aromatic nitrogens is 3.